The van der Waals surface area contributed by atoms with E-state index < -0.39 is 0 Å². The lowest BCUT2D eigenvalue weighted by atomic mass is 10.1. The number of hydrogen-bond acceptors (Lipinski definition) is 4. The first-order valence-corrected chi connectivity index (χ1v) is 8.16. The topological polar surface area (TPSA) is 59.0 Å². The molecule has 1 aromatic rings. The van der Waals surface area contributed by atoms with Gasteiger partial charge in [0.2, 0.25) is 0 Å². The van der Waals surface area contributed by atoms with Crippen LogP contribution in [0, 0.1) is 18.3 Å². The summed E-state index contributed by atoms with van der Waals surface area (Å²) in [7, 11) is 0. The SMILES string of the molecule is Cc1nc(Cl)c(C(C#N)N2CCN(C3CCCC3)CC2)[nH]1. The molecule has 0 aromatic carbocycles. The molecule has 21 heavy (non-hydrogen) atoms. The highest BCUT2D eigenvalue weighted by Crippen LogP contribution is 2.28. The Morgan fingerprint density at radius 1 is 1.29 bits per heavy atom. The van der Waals surface area contributed by atoms with Crippen molar-refractivity contribution in [2.24, 2.45) is 0 Å². The number of aromatic nitrogens is 2. The molecule has 5 nitrogen and oxygen atoms in total. The van der Waals surface area contributed by atoms with Crippen LogP contribution in [0.25, 0.3) is 0 Å². The van der Waals surface area contributed by atoms with Gasteiger partial charge < -0.3 is 4.98 Å². The number of halogens is 1. The molecule has 114 valence electrons. The Morgan fingerprint density at radius 2 is 1.95 bits per heavy atom. The highest BCUT2D eigenvalue weighted by molar-refractivity contribution is 6.30. The average molecular weight is 308 g/mol. The molecule has 0 bridgehead atoms. The maximum atomic E-state index is 9.53. The molecule has 1 aromatic heterocycles. The van der Waals surface area contributed by atoms with Crippen molar-refractivity contribution in [2.45, 2.75) is 44.7 Å². The van der Waals surface area contributed by atoms with Gasteiger partial charge in [-0.1, -0.05) is 24.4 Å². The van der Waals surface area contributed by atoms with E-state index in [-0.39, 0.29) is 6.04 Å². The lowest BCUT2D eigenvalue weighted by molar-refractivity contribution is 0.0831. The Morgan fingerprint density at radius 3 is 2.48 bits per heavy atom. The van der Waals surface area contributed by atoms with Crippen molar-refractivity contribution >= 4 is 11.6 Å². The lowest BCUT2D eigenvalue weighted by Crippen LogP contribution is -2.50. The van der Waals surface area contributed by atoms with Crippen LogP contribution in [-0.2, 0) is 0 Å². The van der Waals surface area contributed by atoms with Crippen LogP contribution in [0.15, 0.2) is 0 Å². The number of piperazine rings is 1. The molecule has 1 N–H and O–H groups in total. The predicted molar refractivity (Wildman–Crippen MR) is 82.1 cm³/mol. The fraction of sp³-hybridized carbons (Fsp3) is 0.733. The quantitative estimate of drug-likeness (QED) is 0.932. The van der Waals surface area contributed by atoms with Crippen molar-refractivity contribution < 1.29 is 0 Å². The van der Waals surface area contributed by atoms with Crippen molar-refractivity contribution in [3.05, 3.63) is 16.7 Å². The fourth-order valence-electron chi connectivity index (χ4n) is 3.62. The minimum Gasteiger partial charge on any atom is -0.343 e. The van der Waals surface area contributed by atoms with E-state index in [2.05, 4.69) is 25.8 Å². The molecule has 0 radical (unpaired) electrons. The molecule has 0 amide bonds. The van der Waals surface area contributed by atoms with E-state index in [1.165, 1.54) is 25.7 Å². The Labute approximate surface area is 130 Å². The summed E-state index contributed by atoms with van der Waals surface area (Å²) in [5.74, 6) is 0.764. The summed E-state index contributed by atoms with van der Waals surface area (Å²) in [6.07, 6.45) is 5.42. The molecule has 2 heterocycles. The summed E-state index contributed by atoms with van der Waals surface area (Å²) >= 11 is 6.14. The third-order valence-electron chi connectivity index (χ3n) is 4.75. The number of hydrogen-bond donors (Lipinski definition) is 1. The number of nitriles is 1. The molecule has 1 atom stereocenters. The third-order valence-corrected chi connectivity index (χ3v) is 5.04. The standard InChI is InChI=1S/C15H22ClN5/c1-11-18-14(15(16)19-11)13(10-17)21-8-6-20(7-9-21)12-4-2-3-5-12/h12-13H,2-9H2,1H3,(H,18,19). The molecule has 3 rings (SSSR count). The smallest absolute Gasteiger partial charge is 0.153 e. The predicted octanol–water partition coefficient (Wildman–Crippen LogP) is 2.50. The molecule has 2 fully saturated rings. The number of H-pyrrole nitrogens is 1. The number of imidazole rings is 1. The fourth-order valence-corrected chi connectivity index (χ4v) is 3.90. The van der Waals surface area contributed by atoms with Gasteiger partial charge in [-0.05, 0) is 19.8 Å². The number of aryl methyl sites for hydroxylation is 1. The van der Waals surface area contributed by atoms with Crippen LogP contribution in [0.5, 0.6) is 0 Å². The van der Waals surface area contributed by atoms with Crippen molar-refractivity contribution in [3.8, 4) is 6.07 Å². The second-order valence-corrected chi connectivity index (χ2v) is 6.43. The Kier molecular flexibility index (Phi) is 4.48. The van der Waals surface area contributed by atoms with Gasteiger partial charge in [0.05, 0.1) is 11.8 Å². The first-order valence-electron chi connectivity index (χ1n) is 7.78. The van der Waals surface area contributed by atoms with Crippen LogP contribution in [0.2, 0.25) is 5.15 Å². The summed E-state index contributed by atoms with van der Waals surface area (Å²) in [5, 5.41) is 9.96. The molecule has 1 unspecified atom stereocenters. The Bertz CT molecular complexity index is 521. The number of nitrogens with zero attached hydrogens (tertiary/aromatic N) is 4. The summed E-state index contributed by atoms with van der Waals surface area (Å²) in [6.45, 7) is 5.80. The van der Waals surface area contributed by atoms with Crippen LogP contribution in [0.4, 0.5) is 0 Å². The van der Waals surface area contributed by atoms with Crippen molar-refractivity contribution in [1.29, 1.82) is 5.26 Å². The van der Waals surface area contributed by atoms with Gasteiger partial charge in [0.25, 0.3) is 0 Å². The number of nitrogens with one attached hydrogen (secondary N) is 1. The van der Waals surface area contributed by atoms with E-state index in [0.29, 0.717) is 5.15 Å². The van der Waals surface area contributed by atoms with E-state index >= 15 is 0 Å². The Hall–Kier alpha value is -1.09. The second-order valence-electron chi connectivity index (χ2n) is 6.07. The van der Waals surface area contributed by atoms with E-state index in [1.807, 2.05) is 6.92 Å². The summed E-state index contributed by atoms with van der Waals surface area (Å²) in [4.78, 5) is 12.1. The zero-order valence-electron chi connectivity index (χ0n) is 12.5. The lowest BCUT2D eigenvalue weighted by Gasteiger charge is -2.39. The molecule has 1 saturated carbocycles. The van der Waals surface area contributed by atoms with Crippen LogP contribution >= 0.6 is 11.6 Å². The van der Waals surface area contributed by atoms with Gasteiger partial charge in [-0.2, -0.15) is 5.26 Å². The van der Waals surface area contributed by atoms with Gasteiger partial charge in [0.15, 0.2) is 5.15 Å². The number of aromatic amines is 1. The largest absolute Gasteiger partial charge is 0.343 e. The van der Waals surface area contributed by atoms with Gasteiger partial charge in [0.1, 0.15) is 11.9 Å². The molecule has 2 aliphatic rings. The molecular weight excluding hydrogens is 286 g/mol. The normalized spacial score (nSPS) is 23.3. The zero-order chi connectivity index (χ0) is 14.8. The molecular formula is C15H22ClN5. The van der Waals surface area contributed by atoms with E-state index in [9.17, 15) is 5.26 Å². The first kappa shape index (κ1) is 14.8. The molecule has 1 saturated heterocycles. The van der Waals surface area contributed by atoms with Gasteiger partial charge >= 0.3 is 0 Å². The molecule has 1 aliphatic heterocycles. The first-order chi connectivity index (χ1) is 10.2. The van der Waals surface area contributed by atoms with E-state index in [0.717, 1.165) is 43.7 Å². The van der Waals surface area contributed by atoms with Gasteiger partial charge in [0, 0.05) is 32.2 Å². The van der Waals surface area contributed by atoms with Crippen LogP contribution < -0.4 is 0 Å². The zero-order valence-corrected chi connectivity index (χ0v) is 13.2. The summed E-state index contributed by atoms with van der Waals surface area (Å²) in [5.41, 5.74) is 0.742. The van der Waals surface area contributed by atoms with E-state index in [4.69, 9.17) is 11.6 Å². The third kappa shape index (κ3) is 3.08. The minimum atomic E-state index is -0.315. The molecule has 0 spiro atoms. The van der Waals surface area contributed by atoms with Gasteiger partial charge in [-0.3, -0.25) is 9.80 Å². The Balaban J connectivity index is 1.64. The maximum Gasteiger partial charge on any atom is 0.153 e. The monoisotopic (exact) mass is 307 g/mol. The minimum absolute atomic E-state index is 0.315. The van der Waals surface area contributed by atoms with Gasteiger partial charge in [-0.15, -0.1) is 0 Å². The summed E-state index contributed by atoms with van der Waals surface area (Å²) in [6, 6.07) is 2.83. The average Bonchev–Trinajstić information content (AvgIpc) is 3.11. The highest BCUT2D eigenvalue weighted by atomic mass is 35.5. The van der Waals surface area contributed by atoms with Crippen LogP contribution in [-0.4, -0.2) is 52.0 Å². The van der Waals surface area contributed by atoms with E-state index in [1.54, 1.807) is 0 Å². The maximum absolute atomic E-state index is 9.53. The van der Waals surface area contributed by atoms with Crippen molar-refractivity contribution in [1.82, 2.24) is 19.8 Å². The molecule has 6 heteroatoms. The van der Waals surface area contributed by atoms with Crippen molar-refractivity contribution in [2.75, 3.05) is 26.2 Å². The van der Waals surface area contributed by atoms with Crippen LogP contribution in [0.1, 0.15) is 43.2 Å². The van der Waals surface area contributed by atoms with Crippen LogP contribution in [0.3, 0.4) is 0 Å². The number of rotatable bonds is 3. The summed E-state index contributed by atoms with van der Waals surface area (Å²) < 4.78 is 0. The second kappa shape index (κ2) is 6.35. The highest BCUT2D eigenvalue weighted by Gasteiger charge is 2.31. The van der Waals surface area contributed by atoms with Crippen molar-refractivity contribution in [3.63, 3.8) is 0 Å². The van der Waals surface area contributed by atoms with Gasteiger partial charge in [-0.25, -0.2) is 4.98 Å². The molecule has 1 aliphatic carbocycles.